The Kier molecular flexibility index (Phi) is 3.71. The Hall–Kier alpha value is -1.13. The minimum absolute atomic E-state index is 0.360. The van der Waals surface area contributed by atoms with Crippen LogP contribution < -0.4 is 0 Å². The number of rotatable bonds is 3. The second kappa shape index (κ2) is 5.47. The molecule has 1 aliphatic rings. The molecule has 3 nitrogen and oxygen atoms in total. The number of para-hydroxylation sites is 2. The predicted octanol–water partition coefficient (Wildman–Crippen LogP) is 3.35. The van der Waals surface area contributed by atoms with Crippen molar-refractivity contribution in [3.63, 3.8) is 0 Å². The van der Waals surface area contributed by atoms with E-state index in [1.807, 2.05) is 43.0 Å². The van der Waals surface area contributed by atoms with Gasteiger partial charge < -0.3 is 4.74 Å². The Morgan fingerprint density at radius 1 is 1.26 bits per heavy atom. The molecule has 3 rings (SSSR count). The summed E-state index contributed by atoms with van der Waals surface area (Å²) >= 11 is 1.94. The summed E-state index contributed by atoms with van der Waals surface area (Å²) in [5.41, 5.74) is 4.10. The SMILES string of the molecule is Cc1nc2ccccc2nc1CSC1CCOC1C. The van der Waals surface area contributed by atoms with Crippen LogP contribution in [0.3, 0.4) is 0 Å². The van der Waals surface area contributed by atoms with E-state index < -0.39 is 0 Å². The first-order valence-corrected chi connectivity index (χ1v) is 7.74. The van der Waals surface area contributed by atoms with Gasteiger partial charge in [0.1, 0.15) is 0 Å². The molecule has 1 aromatic heterocycles. The van der Waals surface area contributed by atoms with Crippen LogP contribution in [0.25, 0.3) is 11.0 Å². The van der Waals surface area contributed by atoms with Crippen LogP contribution in [0.15, 0.2) is 24.3 Å². The van der Waals surface area contributed by atoms with E-state index in [1.54, 1.807) is 0 Å². The van der Waals surface area contributed by atoms with Crippen molar-refractivity contribution in [1.29, 1.82) is 0 Å². The highest BCUT2D eigenvalue weighted by atomic mass is 32.2. The lowest BCUT2D eigenvalue weighted by molar-refractivity contribution is 0.127. The third-order valence-electron chi connectivity index (χ3n) is 3.58. The van der Waals surface area contributed by atoms with Crippen molar-refractivity contribution in [2.24, 2.45) is 0 Å². The van der Waals surface area contributed by atoms with Crippen molar-refractivity contribution in [1.82, 2.24) is 9.97 Å². The number of thioether (sulfide) groups is 1. The van der Waals surface area contributed by atoms with Crippen LogP contribution in [-0.4, -0.2) is 27.9 Å². The molecule has 0 bridgehead atoms. The van der Waals surface area contributed by atoms with E-state index in [9.17, 15) is 0 Å². The predicted molar refractivity (Wildman–Crippen MR) is 79.4 cm³/mol. The lowest BCUT2D eigenvalue weighted by Crippen LogP contribution is -2.13. The molecule has 2 aromatic rings. The first-order valence-electron chi connectivity index (χ1n) is 6.69. The number of aromatic nitrogens is 2. The largest absolute Gasteiger partial charge is 0.377 e. The molecule has 2 unspecified atom stereocenters. The molecular formula is C15H18N2OS. The summed E-state index contributed by atoms with van der Waals surface area (Å²) in [5, 5.41) is 0.590. The van der Waals surface area contributed by atoms with Crippen LogP contribution in [0.4, 0.5) is 0 Å². The number of nitrogens with zero attached hydrogens (tertiary/aromatic N) is 2. The third kappa shape index (κ3) is 2.74. The van der Waals surface area contributed by atoms with Crippen LogP contribution >= 0.6 is 11.8 Å². The zero-order chi connectivity index (χ0) is 13.2. The highest BCUT2D eigenvalue weighted by Gasteiger charge is 2.24. The minimum atomic E-state index is 0.360. The summed E-state index contributed by atoms with van der Waals surface area (Å²) in [6.45, 7) is 5.09. The van der Waals surface area contributed by atoms with Gasteiger partial charge in [-0.25, -0.2) is 9.97 Å². The Morgan fingerprint density at radius 3 is 2.68 bits per heavy atom. The van der Waals surface area contributed by atoms with Gasteiger partial charge in [0.05, 0.1) is 28.5 Å². The molecule has 0 N–H and O–H groups in total. The fourth-order valence-corrected chi connectivity index (χ4v) is 3.64. The average Bonchev–Trinajstić information content (AvgIpc) is 2.82. The first-order chi connectivity index (χ1) is 9.24. The van der Waals surface area contributed by atoms with E-state index in [4.69, 9.17) is 9.72 Å². The normalized spacial score (nSPS) is 23.1. The summed E-state index contributed by atoms with van der Waals surface area (Å²) in [6.07, 6.45) is 1.50. The topological polar surface area (TPSA) is 35.0 Å². The summed E-state index contributed by atoms with van der Waals surface area (Å²) in [6, 6.07) is 8.05. The van der Waals surface area contributed by atoms with Crippen LogP contribution in [-0.2, 0) is 10.5 Å². The van der Waals surface area contributed by atoms with Gasteiger partial charge in [0.2, 0.25) is 0 Å². The maximum Gasteiger partial charge on any atom is 0.0890 e. The highest BCUT2D eigenvalue weighted by molar-refractivity contribution is 7.99. The van der Waals surface area contributed by atoms with Crippen LogP contribution in [0.5, 0.6) is 0 Å². The zero-order valence-electron chi connectivity index (χ0n) is 11.3. The molecule has 4 heteroatoms. The molecule has 1 saturated heterocycles. The number of hydrogen-bond acceptors (Lipinski definition) is 4. The van der Waals surface area contributed by atoms with Crippen molar-refractivity contribution >= 4 is 22.8 Å². The fraction of sp³-hybridized carbons (Fsp3) is 0.467. The second-order valence-corrected chi connectivity index (χ2v) is 6.19. The molecule has 0 amide bonds. The molecule has 100 valence electrons. The van der Waals surface area contributed by atoms with Gasteiger partial charge in [-0.2, -0.15) is 0 Å². The monoisotopic (exact) mass is 274 g/mol. The number of ether oxygens (including phenoxy) is 1. The second-order valence-electron chi connectivity index (χ2n) is 4.96. The van der Waals surface area contributed by atoms with Gasteiger partial charge in [-0.3, -0.25) is 0 Å². The number of hydrogen-bond donors (Lipinski definition) is 0. The van der Waals surface area contributed by atoms with E-state index in [1.165, 1.54) is 0 Å². The Bertz CT molecular complexity index is 587. The Morgan fingerprint density at radius 2 is 2.00 bits per heavy atom. The standard InChI is InChI=1S/C15H18N2OS/c1-10-14(9-19-15-7-8-18-11(15)2)17-13-6-4-3-5-12(13)16-10/h3-6,11,15H,7-9H2,1-2H3. The molecule has 2 atom stereocenters. The summed E-state index contributed by atoms with van der Waals surface area (Å²) in [4.78, 5) is 9.37. The van der Waals surface area contributed by atoms with Gasteiger partial charge in [0, 0.05) is 17.6 Å². The van der Waals surface area contributed by atoms with Gasteiger partial charge in [-0.15, -0.1) is 11.8 Å². The van der Waals surface area contributed by atoms with E-state index in [2.05, 4.69) is 11.9 Å². The Balaban J connectivity index is 1.78. The molecule has 1 aliphatic heterocycles. The maximum absolute atomic E-state index is 5.60. The minimum Gasteiger partial charge on any atom is -0.377 e. The van der Waals surface area contributed by atoms with Crippen LogP contribution in [0.2, 0.25) is 0 Å². The van der Waals surface area contributed by atoms with Gasteiger partial charge >= 0.3 is 0 Å². The van der Waals surface area contributed by atoms with Crippen molar-refractivity contribution in [3.05, 3.63) is 35.7 Å². The quantitative estimate of drug-likeness (QED) is 0.859. The molecule has 1 fully saturated rings. The van der Waals surface area contributed by atoms with E-state index >= 15 is 0 Å². The molecule has 1 aromatic carbocycles. The fourth-order valence-electron chi connectivity index (χ4n) is 2.38. The van der Waals surface area contributed by atoms with E-state index in [0.717, 1.165) is 41.2 Å². The lowest BCUT2D eigenvalue weighted by atomic mass is 10.2. The maximum atomic E-state index is 5.60. The summed E-state index contributed by atoms with van der Waals surface area (Å²) in [7, 11) is 0. The molecule has 0 spiro atoms. The molecule has 2 heterocycles. The lowest BCUT2D eigenvalue weighted by Gasteiger charge is -2.14. The van der Waals surface area contributed by atoms with Gasteiger partial charge in [0.25, 0.3) is 0 Å². The zero-order valence-corrected chi connectivity index (χ0v) is 12.1. The highest BCUT2D eigenvalue weighted by Crippen LogP contribution is 2.29. The number of fused-ring (bicyclic) bond motifs is 1. The van der Waals surface area contributed by atoms with E-state index in [-0.39, 0.29) is 0 Å². The van der Waals surface area contributed by atoms with Gasteiger partial charge in [-0.05, 0) is 32.4 Å². The third-order valence-corrected chi connectivity index (χ3v) is 5.07. The summed E-state index contributed by atoms with van der Waals surface area (Å²) in [5.74, 6) is 0.919. The number of aryl methyl sites for hydroxylation is 1. The average molecular weight is 274 g/mol. The van der Waals surface area contributed by atoms with Crippen LogP contribution in [0.1, 0.15) is 24.7 Å². The molecular weight excluding hydrogens is 256 g/mol. The van der Waals surface area contributed by atoms with Crippen molar-refractivity contribution < 1.29 is 4.74 Å². The molecule has 0 saturated carbocycles. The van der Waals surface area contributed by atoms with E-state index in [0.29, 0.717) is 11.4 Å². The molecule has 19 heavy (non-hydrogen) atoms. The first kappa shape index (κ1) is 12.9. The molecule has 0 aliphatic carbocycles. The van der Waals surface area contributed by atoms with Gasteiger partial charge in [0.15, 0.2) is 0 Å². The number of benzene rings is 1. The van der Waals surface area contributed by atoms with Crippen molar-refractivity contribution in [2.75, 3.05) is 6.61 Å². The van der Waals surface area contributed by atoms with Crippen molar-refractivity contribution in [3.8, 4) is 0 Å². The summed E-state index contributed by atoms with van der Waals surface area (Å²) < 4.78 is 5.60. The Labute approximate surface area is 117 Å². The smallest absolute Gasteiger partial charge is 0.0890 e. The molecule has 0 radical (unpaired) electrons. The van der Waals surface area contributed by atoms with Crippen LogP contribution in [0, 0.1) is 6.92 Å². The van der Waals surface area contributed by atoms with Gasteiger partial charge in [-0.1, -0.05) is 12.1 Å². The van der Waals surface area contributed by atoms with Crippen molar-refractivity contribution in [2.45, 2.75) is 37.4 Å².